The molecule has 136 valence electrons. The number of hydrogen-bond donors (Lipinski definition) is 1. The molecule has 0 spiro atoms. The maximum absolute atomic E-state index is 13.0. The van der Waals surface area contributed by atoms with Crippen LogP contribution in [0.1, 0.15) is 51.7 Å². The number of nitrogens with one attached hydrogen (secondary N) is 1. The van der Waals surface area contributed by atoms with Crippen LogP contribution in [0, 0.1) is 5.92 Å². The van der Waals surface area contributed by atoms with Crippen LogP contribution in [0.15, 0.2) is 24.3 Å². The molecule has 1 aromatic rings. The average molecular weight is 343 g/mol. The monoisotopic (exact) mass is 343 g/mol. The van der Waals surface area contributed by atoms with Crippen LogP contribution in [-0.4, -0.2) is 42.0 Å². The quantitative estimate of drug-likeness (QED) is 0.836. The van der Waals surface area contributed by atoms with Crippen molar-refractivity contribution in [2.24, 2.45) is 5.92 Å². The molecule has 1 aliphatic carbocycles. The van der Waals surface area contributed by atoms with Crippen LogP contribution < -0.4 is 5.32 Å². The molecule has 2 aliphatic rings. The standard InChI is InChI=1S/C20H29N3O2/c1-19(2,3)15-8-10-16(11-9-15)20(4)17(24)23(18(25)21-20)13-22(5)12-14-6-7-14/h8-11,14H,6-7,12-13H2,1-5H3,(H,21,25). The van der Waals surface area contributed by atoms with Crippen molar-refractivity contribution in [3.05, 3.63) is 35.4 Å². The first-order chi connectivity index (χ1) is 11.6. The molecule has 1 saturated heterocycles. The third kappa shape index (κ3) is 3.56. The minimum absolute atomic E-state index is 0.0555. The van der Waals surface area contributed by atoms with Gasteiger partial charge in [0.15, 0.2) is 0 Å². The lowest BCUT2D eigenvalue weighted by Crippen LogP contribution is -2.43. The fourth-order valence-electron chi connectivity index (χ4n) is 3.36. The molecule has 25 heavy (non-hydrogen) atoms. The minimum Gasteiger partial charge on any atom is -0.319 e. The van der Waals surface area contributed by atoms with Gasteiger partial charge in [0, 0.05) is 6.54 Å². The Kier molecular flexibility index (Phi) is 4.40. The highest BCUT2D eigenvalue weighted by Gasteiger charge is 2.49. The van der Waals surface area contributed by atoms with Crippen LogP contribution in [0.5, 0.6) is 0 Å². The van der Waals surface area contributed by atoms with E-state index in [4.69, 9.17) is 0 Å². The predicted molar refractivity (Wildman–Crippen MR) is 98.1 cm³/mol. The van der Waals surface area contributed by atoms with Gasteiger partial charge in [0.1, 0.15) is 5.54 Å². The number of carbonyl (C=O) groups is 2. The molecule has 0 aromatic heterocycles. The lowest BCUT2D eigenvalue weighted by Gasteiger charge is -2.26. The smallest absolute Gasteiger partial charge is 0.319 e. The maximum atomic E-state index is 13.0. The van der Waals surface area contributed by atoms with Crippen molar-refractivity contribution in [3.63, 3.8) is 0 Å². The first-order valence-corrected chi connectivity index (χ1v) is 9.05. The molecule has 5 nitrogen and oxygen atoms in total. The Morgan fingerprint density at radius 2 is 1.80 bits per heavy atom. The van der Waals surface area contributed by atoms with Crippen molar-refractivity contribution in [1.82, 2.24) is 15.1 Å². The van der Waals surface area contributed by atoms with E-state index in [9.17, 15) is 9.59 Å². The van der Waals surface area contributed by atoms with E-state index < -0.39 is 5.54 Å². The number of imide groups is 1. The van der Waals surface area contributed by atoms with Crippen molar-refractivity contribution < 1.29 is 9.59 Å². The van der Waals surface area contributed by atoms with Gasteiger partial charge in [-0.25, -0.2) is 9.69 Å². The van der Waals surface area contributed by atoms with Gasteiger partial charge in [0.2, 0.25) is 0 Å². The van der Waals surface area contributed by atoms with Crippen LogP contribution in [0.4, 0.5) is 4.79 Å². The van der Waals surface area contributed by atoms with Crippen molar-refractivity contribution in [2.75, 3.05) is 20.3 Å². The molecule has 5 heteroatoms. The number of carbonyl (C=O) groups excluding carboxylic acids is 2. The Balaban J connectivity index is 1.76. The summed E-state index contributed by atoms with van der Waals surface area (Å²) in [6.07, 6.45) is 2.50. The minimum atomic E-state index is -0.992. The molecule has 1 aliphatic heterocycles. The molecule has 3 rings (SSSR count). The summed E-state index contributed by atoms with van der Waals surface area (Å²) in [6.45, 7) is 9.54. The molecule has 1 unspecified atom stereocenters. The van der Waals surface area contributed by atoms with E-state index in [2.05, 4.69) is 31.0 Å². The summed E-state index contributed by atoms with van der Waals surface area (Å²) in [5.74, 6) is 0.547. The van der Waals surface area contributed by atoms with E-state index in [1.54, 1.807) is 6.92 Å². The predicted octanol–water partition coefficient (Wildman–Crippen LogP) is 3.05. The second kappa shape index (κ2) is 6.13. The fourth-order valence-corrected chi connectivity index (χ4v) is 3.36. The zero-order valence-electron chi connectivity index (χ0n) is 15.9. The third-order valence-corrected chi connectivity index (χ3v) is 5.25. The number of hydrogen-bond acceptors (Lipinski definition) is 3. The van der Waals surface area contributed by atoms with Gasteiger partial charge >= 0.3 is 6.03 Å². The second-order valence-electron chi connectivity index (χ2n) is 8.74. The topological polar surface area (TPSA) is 52.6 Å². The molecule has 0 radical (unpaired) electrons. The van der Waals surface area contributed by atoms with E-state index in [1.165, 1.54) is 23.3 Å². The highest BCUT2D eigenvalue weighted by molar-refractivity contribution is 6.07. The zero-order chi connectivity index (χ0) is 18.4. The summed E-state index contributed by atoms with van der Waals surface area (Å²) < 4.78 is 0. The van der Waals surface area contributed by atoms with E-state index in [0.29, 0.717) is 6.67 Å². The molecule has 1 atom stereocenters. The van der Waals surface area contributed by atoms with Gasteiger partial charge < -0.3 is 5.32 Å². The average Bonchev–Trinajstić information content (AvgIpc) is 3.31. The number of nitrogens with zero attached hydrogens (tertiary/aromatic N) is 2. The normalized spacial score (nSPS) is 24.2. The van der Waals surface area contributed by atoms with E-state index in [1.807, 2.05) is 31.3 Å². The molecule has 0 bridgehead atoms. The fraction of sp³-hybridized carbons (Fsp3) is 0.600. The number of amides is 3. The van der Waals surface area contributed by atoms with Crippen molar-refractivity contribution in [1.29, 1.82) is 0 Å². The van der Waals surface area contributed by atoms with Crippen LogP contribution in [0.3, 0.4) is 0 Å². The van der Waals surface area contributed by atoms with Crippen LogP contribution in [-0.2, 0) is 15.7 Å². The van der Waals surface area contributed by atoms with Gasteiger partial charge in [-0.05, 0) is 49.3 Å². The van der Waals surface area contributed by atoms with E-state index in [0.717, 1.165) is 18.0 Å². The molecule has 1 N–H and O–H groups in total. The van der Waals surface area contributed by atoms with Crippen LogP contribution in [0.25, 0.3) is 0 Å². The highest BCUT2D eigenvalue weighted by atomic mass is 16.2. The Hall–Kier alpha value is -1.88. The van der Waals surface area contributed by atoms with Crippen molar-refractivity contribution in [3.8, 4) is 0 Å². The highest BCUT2D eigenvalue weighted by Crippen LogP contribution is 2.32. The van der Waals surface area contributed by atoms with Gasteiger partial charge in [0.25, 0.3) is 5.91 Å². The molecule has 3 amide bonds. The first kappa shape index (κ1) is 17.9. The Bertz CT molecular complexity index is 673. The largest absolute Gasteiger partial charge is 0.326 e. The SMILES string of the molecule is CN(CC1CC1)CN1C(=O)NC(C)(c2ccc(C(C)(C)C)cc2)C1=O. The summed E-state index contributed by atoms with van der Waals surface area (Å²) in [5, 5.41) is 2.89. The van der Waals surface area contributed by atoms with Crippen molar-refractivity contribution >= 4 is 11.9 Å². The van der Waals surface area contributed by atoms with E-state index in [-0.39, 0.29) is 17.4 Å². The molecular formula is C20H29N3O2. The molecule has 1 aromatic carbocycles. The van der Waals surface area contributed by atoms with Gasteiger partial charge in [-0.3, -0.25) is 9.69 Å². The number of benzene rings is 1. The molecular weight excluding hydrogens is 314 g/mol. The number of rotatable bonds is 5. The summed E-state index contributed by atoms with van der Waals surface area (Å²) in [6, 6.07) is 7.69. The summed E-state index contributed by atoms with van der Waals surface area (Å²) >= 11 is 0. The summed E-state index contributed by atoms with van der Waals surface area (Å²) in [5.41, 5.74) is 1.09. The Labute approximate surface area is 150 Å². The first-order valence-electron chi connectivity index (χ1n) is 9.05. The summed E-state index contributed by atoms with van der Waals surface area (Å²) in [7, 11) is 1.96. The molecule has 1 saturated carbocycles. The van der Waals surface area contributed by atoms with Gasteiger partial charge in [-0.2, -0.15) is 0 Å². The van der Waals surface area contributed by atoms with Gasteiger partial charge in [-0.1, -0.05) is 45.0 Å². The van der Waals surface area contributed by atoms with Crippen LogP contribution >= 0.6 is 0 Å². The lowest BCUT2D eigenvalue weighted by atomic mass is 9.84. The summed E-state index contributed by atoms with van der Waals surface area (Å²) in [4.78, 5) is 28.8. The lowest BCUT2D eigenvalue weighted by molar-refractivity contribution is -0.132. The second-order valence-corrected chi connectivity index (χ2v) is 8.74. The zero-order valence-corrected chi connectivity index (χ0v) is 15.9. The Morgan fingerprint density at radius 1 is 1.20 bits per heavy atom. The number of urea groups is 1. The van der Waals surface area contributed by atoms with E-state index >= 15 is 0 Å². The van der Waals surface area contributed by atoms with Crippen molar-refractivity contribution in [2.45, 2.75) is 51.5 Å². The van der Waals surface area contributed by atoms with Gasteiger partial charge in [0.05, 0.1) is 6.67 Å². The molecule has 2 fully saturated rings. The third-order valence-electron chi connectivity index (χ3n) is 5.25. The molecule has 1 heterocycles. The Morgan fingerprint density at radius 3 is 2.32 bits per heavy atom. The van der Waals surface area contributed by atoms with Crippen LogP contribution in [0.2, 0.25) is 0 Å². The van der Waals surface area contributed by atoms with Gasteiger partial charge in [-0.15, -0.1) is 0 Å². The maximum Gasteiger partial charge on any atom is 0.326 e.